The number of carbonyl (C=O) groups excluding carboxylic acids is 1. The van der Waals surface area contributed by atoms with E-state index in [1.165, 1.54) is 12.5 Å². The molecule has 2 atom stereocenters. The van der Waals surface area contributed by atoms with Gasteiger partial charge >= 0.3 is 0 Å². The van der Waals surface area contributed by atoms with Gasteiger partial charge in [-0.2, -0.15) is 0 Å². The molecule has 0 spiro atoms. The van der Waals surface area contributed by atoms with Gasteiger partial charge in [-0.25, -0.2) is 4.39 Å². The Morgan fingerprint density at radius 1 is 1.03 bits per heavy atom. The molecule has 0 aromatic heterocycles. The molecule has 2 heterocycles. The summed E-state index contributed by atoms with van der Waals surface area (Å²) in [6, 6.07) is 16.2. The molecule has 1 amide bonds. The summed E-state index contributed by atoms with van der Waals surface area (Å²) in [5.74, 6) is 1.03. The fourth-order valence-corrected chi connectivity index (χ4v) is 6.07. The largest absolute Gasteiger partial charge is 0.369 e. The van der Waals surface area contributed by atoms with Crippen LogP contribution in [0.15, 0.2) is 60.7 Å². The van der Waals surface area contributed by atoms with Gasteiger partial charge in [-0.3, -0.25) is 4.79 Å². The number of fused-ring (bicyclic) bond motifs is 1. The molecule has 1 saturated carbocycles. The summed E-state index contributed by atoms with van der Waals surface area (Å²) in [7, 11) is 0. The minimum atomic E-state index is -0.380. The van der Waals surface area contributed by atoms with Crippen molar-refractivity contribution in [3.8, 4) is 11.1 Å². The molecule has 3 aromatic rings. The summed E-state index contributed by atoms with van der Waals surface area (Å²) in [6.45, 7) is 4.96. The van der Waals surface area contributed by atoms with E-state index in [0.29, 0.717) is 40.0 Å². The first-order valence-electron chi connectivity index (χ1n) is 12.9. The smallest absolute Gasteiger partial charge is 0.253 e. The standard InChI is InChI=1S/C30H29Cl2FN4O/c1-2-26(29-24(32)4-3-5-25(29)33)35-27-9-7-17(12-28(27)36-13-19-10-20(19)14-36)22-11-18(6-8-23(22)31)30(38)37-15-21(34)16-37/h2-9,11-12,19-21,35H,10,13-16,34H2,1H3/b26-2+. The lowest BCUT2D eigenvalue weighted by Crippen LogP contribution is -2.57. The first-order chi connectivity index (χ1) is 18.3. The Bertz CT molecular complexity index is 1420. The van der Waals surface area contributed by atoms with E-state index in [4.69, 9.17) is 28.9 Å². The average Bonchev–Trinajstić information content (AvgIpc) is 3.50. The maximum atomic E-state index is 14.8. The highest BCUT2D eigenvalue weighted by Gasteiger charge is 2.45. The van der Waals surface area contributed by atoms with Crippen LogP contribution in [0.2, 0.25) is 10.0 Å². The van der Waals surface area contributed by atoms with Crippen LogP contribution in [0.1, 0.15) is 29.3 Å². The monoisotopic (exact) mass is 550 g/mol. The highest BCUT2D eigenvalue weighted by Crippen LogP contribution is 2.48. The summed E-state index contributed by atoms with van der Waals surface area (Å²) in [5, 5.41) is 4.37. The summed E-state index contributed by atoms with van der Waals surface area (Å²) in [4.78, 5) is 17.1. The molecule has 3 fully saturated rings. The Balaban J connectivity index is 1.37. The highest BCUT2D eigenvalue weighted by molar-refractivity contribution is 6.33. The number of anilines is 2. The number of allylic oxidation sites excluding steroid dienone is 1. The highest BCUT2D eigenvalue weighted by atomic mass is 35.5. The van der Waals surface area contributed by atoms with Gasteiger partial charge in [0.05, 0.1) is 22.0 Å². The first-order valence-corrected chi connectivity index (χ1v) is 13.7. The van der Waals surface area contributed by atoms with Crippen molar-refractivity contribution in [1.82, 2.24) is 4.90 Å². The second-order valence-corrected chi connectivity index (χ2v) is 11.3. The maximum absolute atomic E-state index is 14.8. The van der Waals surface area contributed by atoms with Crippen molar-refractivity contribution >= 4 is 46.2 Å². The van der Waals surface area contributed by atoms with Gasteiger partial charge in [0.15, 0.2) is 0 Å². The first kappa shape index (κ1) is 25.2. The minimum Gasteiger partial charge on any atom is -0.369 e. The van der Waals surface area contributed by atoms with Crippen molar-refractivity contribution in [2.24, 2.45) is 17.6 Å². The van der Waals surface area contributed by atoms with Gasteiger partial charge in [0.1, 0.15) is 5.82 Å². The van der Waals surface area contributed by atoms with Crippen LogP contribution in [0, 0.1) is 17.7 Å². The number of likely N-dealkylation sites (tertiary alicyclic amines) is 1. The molecule has 6 rings (SSSR count). The molecule has 38 heavy (non-hydrogen) atoms. The van der Waals surface area contributed by atoms with Crippen molar-refractivity contribution in [3.05, 3.63) is 87.7 Å². The van der Waals surface area contributed by atoms with Crippen LogP contribution in [-0.2, 0) is 0 Å². The van der Waals surface area contributed by atoms with Crippen LogP contribution >= 0.6 is 23.2 Å². The molecule has 2 aliphatic heterocycles. The van der Waals surface area contributed by atoms with Crippen molar-refractivity contribution in [3.63, 3.8) is 0 Å². The molecule has 3 aromatic carbocycles. The zero-order valence-corrected chi connectivity index (χ0v) is 22.6. The van der Waals surface area contributed by atoms with E-state index in [0.717, 1.165) is 47.4 Å². The fourth-order valence-electron chi connectivity index (χ4n) is 5.58. The van der Waals surface area contributed by atoms with E-state index in [1.807, 2.05) is 31.2 Å². The number of nitrogens with one attached hydrogen (secondary N) is 1. The normalized spacial score (nSPS) is 20.8. The third kappa shape index (κ3) is 4.66. The summed E-state index contributed by atoms with van der Waals surface area (Å²) >= 11 is 13.0. The molecular weight excluding hydrogens is 522 g/mol. The van der Waals surface area contributed by atoms with E-state index < -0.39 is 0 Å². The molecule has 196 valence electrons. The van der Waals surface area contributed by atoms with E-state index >= 15 is 0 Å². The third-order valence-electron chi connectivity index (χ3n) is 7.83. The number of nitrogens with two attached hydrogens (primary N) is 1. The third-order valence-corrected chi connectivity index (χ3v) is 8.47. The molecule has 3 N–H and O–H groups in total. The lowest BCUT2D eigenvalue weighted by atomic mass is 9.99. The molecule has 2 unspecified atom stereocenters. The second-order valence-electron chi connectivity index (χ2n) is 10.5. The molecule has 3 aliphatic rings. The number of amides is 1. The number of nitrogens with zero attached hydrogens (tertiary/aromatic N) is 2. The fraction of sp³-hybridized carbons (Fsp3) is 0.300. The predicted octanol–water partition coefficient (Wildman–Crippen LogP) is 6.51. The number of piperidine rings is 1. The SMILES string of the molecule is C/C=C(/Nc1ccc(-c2cc(C(=O)N3CC(N)C3)ccc2Cl)cc1N1CC2CC2C1)c1c(F)cccc1Cl. The van der Waals surface area contributed by atoms with Crippen molar-refractivity contribution in [2.75, 3.05) is 36.4 Å². The Kier molecular flexibility index (Phi) is 6.58. The number of halogens is 3. The summed E-state index contributed by atoms with van der Waals surface area (Å²) < 4.78 is 14.8. The lowest BCUT2D eigenvalue weighted by Gasteiger charge is -2.37. The zero-order chi connectivity index (χ0) is 26.6. The number of rotatable bonds is 6. The van der Waals surface area contributed by atoms with Crippen LogP contribution in [0.4, 0.5) is 15.8 Å². The van der Waals surface area contributed by atoms with Gasteiger partial charge in [-0.15, -0.1) is 0 Å². The van der Waals surface area contributed by atoms with Crippen LogP contribution in [0.25, 0.3) is 16.8 Å². The number of benzene rings is 3. The zero-order valence-electron chi connectivity index (χ0n) is 21.1. The molecular formula is C30H29Cl2FN4O. The van der Waals surface area contributed by atoms with E-state index in [9.17, 15) is 9.18 Å². The second kappa shape index (κ2) is 9.92. The van der Waals surface area contributed by atoms with Gasteiger partial charge < -0.3 is 20.9 Å². The van der Waals surface area contributed by atoms with E-state index in [2.05, 4.69) is 16.3 Å². The van der Waals surface area contributed by atoms with Gasteiger partial charge in [-0.1, -0.05) is 41.4 Å². The minimum absolute atomic E-state index is 0.0396. The van der Waals surface area contributed by atoms with Gasteiger partial charge in [0.2, 0.25) is 0 Å². The molecule has 5 nitrogen and oxygen atoms in total. The average molecular weight is 551 g/mol. The molecule has 2 saturated heterocycles. The maximum Gasteiger partial charge on any atom is 0.253 e. The Morgan fingerprint density at radius 2 is 1.79 bits per heavy atom. The summed E-state index contributed by atoms with van der Waals surface area (Å²) in [6.07, 6.45) is 3.11. The van der Waals surface area contributed by atoms with Crippen LogP contribution in [0.5, 0.6) is 0 Å². The van der Waals surface area contributed by atoms with Gasteiger partial charge in [0.25, 0.3) is 5.91 Å². The van der Waals surface area contributed by atoms with Gasteiger partial charge in [-0.05, 0) is 73.2 Å². The van der Waals surface area contributed by atoms with Crippen molar-refractivity contribution in [2.45, 2.75) is 19.4 Å². The number of carbonyl (C=O) groups is 1. The Hall–Kier alpha value is -3.06. The van der Waals surface area contributed by atoms with Crippen LogP contribution in [0.3, 0.4) is 0 Å². The predicted molar refractivity (Wildman–Crippen MR) is 153 cm³/mol. The summed E-state index contributed by atoms with van der Waals surface area (Å²) in [5.41, 5.74) is 11.0. The number of hydrogen-bond acceptors (Lipinski definition) is 4. The molecule has 0 bridgehead atoms. The molecule has 8 heteroatoms. The molecule has 1 aliphatic carbocycles. The van der Waals surface area contributed by atoms with Crippen LogP contribution in [-0.4, -0.2) is 43.0 Å². The van der Waals surface area contributed by atoms with Crippen LogP contribution < -0.4 is 16.0 Å². The van der Waals surface area contributed by atoms with E-state index in [1.54, 1.807) is 29.2 Å². The quantitative estimate of drug-likeness (QED) is 0.367. The topological polar surface area (TPSA) is 61.6 Å². The van der Waals surface area contributed by atoms with Crippen molar-refractivity contribution < 1.29 is 9.18 Å². The lowest BCUT2D eigenvalue weighted by molar-refractivity contribution is 0.0608. The Morgan fingerprint density at radius 3 is 2.47 bits per heavy atom. The van der Waals surface area contributed by atoms with Crippen molar-refractivity contribution in [1.29, 1.82) is 0 Å². The Labute approximate surface area is 232 Å². The molecule has 0 radical (unpaired) electrons. The van der Waals surface area contributed by atoms with Gasteiger partial charge in [0, 0.05) is 54.1 Å². The number of hydrogen-bond donors (Lipinski definition) is 2. The van der Waals surface area contributed by atoms with E-state index in [-0.39, 0.29) is 17.8 Å².